The number of rotatable bonds is 7. The third kappa shape index (κ3) is 4.94. The average Bonchev–Trinajstić information content (AvgIpc) is 2.67. The highest BCUT2D eigenvalue weighted by atomic mass is 16.5. The van der Waals surface area contributed by atoms with Gasteiger partial charge in [-0.25, -0.2) is 0 Å². The van der Waals surface area contributed by atoms with Gasteiger partial charge in [0.2, 0.25) is 5.91 Å². The molecular formula is C23H27N3O2. The molecule has 2 aromatic carbocycles. The summed E-state index contributed by atoms with van der Waals surface area (Å²) in [5, 5.41) is 5.13. The van der Waals surface area contributed by atoms with Crippen molar-refractivity contribution in [1.82, 2.24) is 9.88 Å². The van der Waals surface area contributed by atoms with Gasteiger partial charge >= 0.3 is 0 Å². The van der Waals surface area contributed by atoms with Crippen molar-refractivity contribution in [3.05, 3.63) is 72.1 Å². The van der Waals surface area contributed by atoms with Crippen LogP contribution in [0.25, 0.3) is 10.8 Å². The maximum Gasteiger partial charge on any atom is 0.246 e. The number of hydrogen-bond donors (Lipinski definition) is 1. The molecule has 0 aliphatic carbocycles. The van der Waals surface area contributed by atoms with Gasteiger partial charge in [0.15, 0.2) is 0 Å². The standard InChI is InChI=1S/C23H27N3O2/c1-16(2)28-15-17-5-7-18(8-6-17)22(26(3)4)23(27)25-21-10-9-20-14-24-12-11-19(20)13-21/h5-14,16,22H,15H2,1-4H3,(H,25,27). The van der Waals surface area contributed by atoms with Crippen molar-refractivity contribution in [3.63, 3.8) is 0 Å². The number of aromatic nitrogens is 1. The van der Waals surface area contributed by atoms with E-state index in [1.54, 1.807) is 6.20 Å². The lowest BCUT2D eigenvalue weighted by atomic mass is 10.0. The Labute approximate surface area is 166 Å². The molecule has 1 N–H and O–H groups in total. The summed E-state index contributed by atoms with van der Waals surface area (Å²) in [5.74, 6) is -0.0652. The predicted octanol–water partition coefficient (Wildman–Crippen LogP) is 4.40. The maximum absolute atomic E-state index is 13.0. The molecule has 0 aliphatic rings. The van der Waals surface area contributed by atoms with Gasteiger partial charge in [0.25, 0.3) is 0 Å². The van der Waals surface area contributed by atoms with E-state index >= 15 is 0 Å². The van der Waals surface area contributed by atoms with Crippen molar-refractivity contribution in [2.24, 2.45) is 0 Å². The first-order chi connectivity index (χ1) is 13.4. The monoisotopic (exact) mass is 377 g/mol. The predicted molar refractivity (Wildman–Crippen MR) is 113 cm³/mol. The van der Waals surface area contributed by atoms with Crippen molar-refractivity contribution in [2.45, 2.75) is 32.6 Å². The van der Waals surface area contributed by atoms with Gasteiger partial charge in [-0.15, -0.1) is 0 Å². The number of benzene rings is 2. The molecule has 28 heavy (non-hydrogen) atoms. The van der Waals surface area contributed by atoms with E-state index in [4.69, 9.17) is 4.74 Å². The van der Waals surface area contributed by atoms with Gasteiger partial charge in [-0.2, -0.15) is 0 Å². The van der Waals surface area contributed by atoms with Gasteiger partial charge in [0.1, 0.15) is 6.04 Å². The van der Waals surface area contributed by atoms with Crippen LogP contribution < -0.4 is 5.32 Å². The largest absolute Gasteiger partial charge is 0.374 e. The third-order valence-corrected chi connectivity index (χ3v) is 4.55. The second kappa shape index (κ2) is 8.95. The van der Waals surface area contributed by atoms with Crippen molar-refractivity contribution in [3.8, 4) is 0 Å². The molecule has 0 aliphatic heterocycles. The summed E-state index contributed by atoms with van der Waals surface area (Å²) < 4.78 is 5.64. The second-order valence-corrected chi connectivity index (χ2v) is 7.39. The molecule has 1 heterocycles. The number of nitrogens with zero attached hydrogens (tertiary/aromatic N) is 2. The molecule has 1 unspecified atom stereocenters. The Balaban J connectivity index is 1.76. The number of ether oxygens (including phenoxy) is 1. The highest BCUT2D eigenvalue weighted by Crippen LogP contribution is 2.23. The van der Waals surface area contributed by atoms with E-state index in [-0.39, 0.29) is 18.1 Å². The summed E-state index contributed by atoms with van der Waals surface area (Å²) in [6, 6.07) is 15.4. The molecule has 3 aromatic rings. The van der Waals surface area contributed by atoms with Gasteiger partial charge in [0, 0.05) is 23.5 Å². The van der Waals surface area contributed by atoms with Crippen LogP contribution >= 0.6 is 0 Å². The van der Waals surface area contributed by atoms with Crippen LogP contribution in [0, 0.1) is 0 Å². The van der Waals surface area contributed by atoms with Crippen LogP contribution in [-0.2, 0) is 16.1 Å². The quantitative estimate of drug-likeness (QED) is 0.663. The SMILES string of the molecule is CC(C)OCc1ccc(C(C(=O)Nc2ccc3cnccc3c2)N(C)C)cc1. The maximum atomic E-state index is 13.0. The molecule has 5 heteroatoms. The minimum atomic E-state index is -0.381. The summed E-state index contributed by atoms with van der Waals surface area (Å²) in [5.41, 5.74) is 2.82. The Morgan fingerprint density at radius 2 is 1.82 bits per heavy atom. The molecule has 0 radical (unpaired) electrons. The summed E-state index contributed by atoms with van der Waals surface area (Å²) >= 11 is 0. The van der Waals surface area contributed by atoms with Crippen LogP contribution in [0.1, 0.15) is 31.0 Å². The van der Waals surface area contributed by atoms with E-state index in [1.165, 1.54) is 0 Å². The van der Waals surface area contributed by atoms with Gasteiger partial charge in [0.05, 0.1) is 12.7 Å². The summed E-state index contributed by atoms with van der Waals surface area (Å²) in [7, 11) is 3.82. The van der Waals surface area contributed by atoms with E-state index in [2.05, 4.69) is 10.3 Å². The Morgan fingerprint density at radius 3 is 2.50 bits per heavy atom. The molecule has 0 fully saturated rings. The zero-order valence-corrected chi connectivity index (χ0v) is 16.8. The average molecular weight is 377 g/mol. The first kappa shape index (κ1) is 20.0. The Bertz CT molecular complexity index is 936. The fraction of sp³-hybridized carbons (Fsp3) is 0.304. The first-order valence-electron chi connectivity index (χ1n) is 9.45. The fourth-order valence-electron chi connectivity index (χ4n) is 3.11. The van der Waals surface area contributed by atoms with E-state index in [0.717, 1.165) is 27.6 Å². The number of carbonyl (C=O) groups is 1. The second-order valence-electron chi connectivity index (χ2n) is 7.39. The fourth-order valence-corrected chi connectivity index (χ4v) is 3.11. The summed E-state index contributed by atoms with van der Waals surface area (Å²) in [6.07, 6.45) is 3.76. The number of hydrogen-bond acceptors (Lipinski definition) is 4. The van der Waals surface area contributed by atoms with Crippen molar-refractivity contribution < 1.29 is 9.53 Å². The minimum Gasteiger partial charge on any atom is -0.374 e. The smallest absolute Gasteiger partial charge is 0.246 e. The molecule has 3 rings (SSSR count). The molecule has 0 saturated carbocycles. The molecule has 0 bridgehead atoms. The van der Waals surface area contributed by atoms with Crippen molar-refractivity contribution >= 4 is 22.4 Å². The van der Waals surface area contributed by atoms with Gasteiger partial charge in [-0.3, -0.25) is 14.7 Å². The van der Waals surface area contributed by atoms with Crippen LogP contribution in [0.2, 0.25) is 0 Å². The number of nitrogens with one attached hydrogen (secondary N) is 1. The zero-order chi connectivity index (χ0) is 20.1. The van der Waals surface area contributed by atoms with E-state index in [1.807, 2.05) is 87.6 Å². The lowest BCUT2D eigenvalue weighted by molar-refractivity contribution is -0.120. The van der Waals surface area contributed by atoms with Crippen LogP contribution in [-0.4, -0.2) is 36.0 Å². The molecule has 1 atom stereocenters. The van der Waals surface area contributed by atoms with Gasteiger partial charge in [-0.1, -0.05) is 30.3 Å². The van der Waals surface area contributed by atoms with Gasteiger partial charge < -0.3 is 10.1 Å². The van der Waals surface area contributed by atoms with Crippen LogP contribution in [0.4, 0.5) is 5.69 Å². The first-order valence-corrected chi connectivity index (χ1v) is 9.45. The topological polar surface area (TPSA) is 54.5 Å². The lowest BCUT2D eigenvalue weighted by Gasteiger charge is -2.24. The Hall–Kier alpha value is -2.76. The van der Waals surface area contributed by atoms with E-state index < -0.39 is 0 Å². The summed E-state index contributed by atoms with van der Waals surface area (Å²) in [6.45, 7) is 4.61. The molecule has 146 valence electrons. The molecule has 5 nitrogen and oxygen atoms in total. The normalized spacial score (nSPS) is 12.5. The lowest BCUT2D eigenvalue weighted by Crippen LogP contribution is -2.32. The number of pyridine rings is 1. The molecule has 0 saturated heterocycles. The van der Waals surface area contributed by atoms with Crippen molar-refractivity contribution in [2.75, 3.05) is 19.4 Å². The van der Waals surface area contributed by atoms with Gasteiger partial charge in [-0.05, 0) is 62.7 Å². The zero-order valence-electron chi connectivity index (χ0n) is 16.8. The summed E-state index contributed by atoms with van der Waals surface area (Å²) in [4.78, 5) is 19.0. The van der Waals surface area contributed by atoms with E-state index in [9.17, 15) is 4.79 Å². The van der Waals surface area contributed by atoms with Crippen molar-refractivity contribution in [1.29, 1.82) is 0 Å². The number of fused-ring (bicyclic) bond motifs is 1. The highest BCUT2D eigenvalue weighted by molar-refractivity contribution is 5.97. The number of amides is 1. The molecular weight excluding hydrogens is 350 g/mol. The number of likely N-dealkylation sites (N-methyl/N-ethyl adjacent to an activating group) is 1. The molecule has 1 aromatic heterocycles. The van der Waals surface area contributed by atoms with E-state index in [0.29, 0.717) is 6.61 Å². The van der Waals surface area contributed by atoms with Crippen LogP contribution in [0.3, 0.4) is 0 Å². The Morgan fingerprint density at radius 1 is 1.07 bits per heavy atom. The van der Waals surface area contributed by atoms with Crippen LogP contribution in [0.15, 0.2) is 60.9 Å². The third-order valence-electron chi connectivity index (χ3n) is 4.55. The Kier molecular flexibility index (Phi) is 6.39. The van der Waals surface area contributed by atoms with Crippen LogP contribution in [0.5, 0.6) is 0 Å². The molecule has 0 spiro atoms. The number of carbonyl (C=O) groups excluding carboxylic acids is 1. The minimum absolute atomic E-state index is 0.0652. The number of anilines is 1. The highest BCUT2D eigenvalue weighted by Gasteiger charge is 2.23. The molecule has 1 amide bonds.